The molecular formula is C7H10N2O. The molecule has 0 spiro atoms. The van der Waals surface area contributed by atoms with Crippen LogP contribution in [0.25, 0.3) is 0 Å². The Bertz CT molecular complexity index is 188. The predicted octanol–water partition coefficient (Wildman–Crippen LogP) is 1.12. The fourth-order valence-corrected chi connectivity index (χ4v) is 0.727. The third kappa shape index (κ3) is 1.52. The minimum Gasteiger partial charge on any atom is -0.316 e. The standard InChI is InChI=1S/C7H10N2O/c1-6(9-10)7-2-4-8-5-3-7/h2-6,9-10H,1H3/t6-/m0/s1. The second kappa shape index (κ2) is 3.29. The van der Waals surface area contributed by atoms with Gasteiger partial charge in [-0.05, 0) is 24.6 Å². The number of hydrogen-bond donors (Lipinski definition) is 2. The van der Waals surface area contributed by atoms with Crippen molar-refractivity contribution in [2.24, 2.45) is 0 Å². The van der Waals surface area contributed by atoms with Gasteiger partial charge in [-0.15, -0.1) is 0 Å². The zero-order valence-corrected chi connectivity index (χ0v) is 5.78. The quantitative estimate of drug-likeness (QED) is 0.602. The first-order chi connectivity index (χ1) is 4.84. The Morgan fingerprint density at radius 2 is 2.10 bits per heavy atom. The lowest BCUT2D eigenvalue weighted by Crippen LogP contribution is -2.12. The summed E-state index contributed by atoms with van der Waals surface area (Å²) in [6.07, 6.45) is 3.40. The Hall–Kier alpha value is -0.930. The van der Waals surface area contributed by atoms with E-state index < -0.39 is 0 Å². The molecule has 1 rings (SSSR count). The highest BCUT2D eigenvalue weighted by molar-refractivity contribution is 5.13. The third-order valence-corrected chi connectivity index (χ3v) is 1.40. The van der Waals surface area contributed by atoms with Crippen LogP contribution in [0.5, 0.6) is 0 Å². The van der Waals surface area contributed by atoms with Crippen molar-refractivity contribution >= 4 is 0 Å². The number of pyridine rings is 1. The van der Waals surface area contributed by atoms with Gasteiger partial charge >= 0.3 is 0 Å². The molecule has 1 heterocycles. The summed E-state index contributed by atoms with van der Waals surface area (Å²) in [5.41, 5.74) is 3.18. The molecule has 54 valence electrons. The molecule has 0 saturated heterocycles. The molecule has 0 aliphatic rings. The van der Waals surface area contributed by atoms with E-state index in [1.807, 2.05) is 19.1 Å². The molecule has 0 bridgehead atoms. The van der Waals surface area contributed by atoms with E-state index in [-0.39, 0.29) is 6.04 Å². The van der Waals surface area contributed by atoms with E-state index in [1.165, 1.54) is 0 Å². The lowest BCUT2D eigenvalue weighted by atomic mass is 10.1. The van der Waals surface area contributed by atoms with Gasteiger partial charge in [-0.3, -0.25) is 4.98 Å². The van der Waals surface area contributed by atoms with Crippen LogP contribution in [0.2, 0.25) is 0 Å². The minimum absolute atomic E-state index is 0.0250. The largest absolute Gasteiger partial charge is 0.316 e. The lowest BCUT2D eigenvalue weighted by molar-refractivity contribution is 0.133. The van der Waals surface area contributed by atoms with Crippen LogP contribution in [-0.4, -0.2) is 10.2 Å². The number of nitrogens with zero attached hydrogens (tertiary/aromatic N) is 1. The summed E-state index contributed by atoms with van der Waals surface area (Å²) < 4.78 is 0. The van der Waals surface area contributed by atoms with Crippen LogP contribution >= 0.6 is 0 Å². The molecule has 0 fully saturated rings. The lowest BCUT2D eigenvalue weighted by Gasteiger charge is -2.06. The second-order valence-corrected chi connectivity index (χ2v) is 2.13. The van der Waals surface area contributed by atoms with Crippen LogP contribution in [0.3, 0.4) is 0 Å². The molecule has 0 aliphatic carbocycles. The Morgan fingerprint density at radius 1 is 1.50 bits per heavy atom. The summed E-state index contributed by atoms with van der Waals surface area (Å²) >= 11 is 0. The highest BCUT2D eigenvalue weighted by Gasteiger charge is 1.99. The average molecular weight is 138 g/mol. The van der Waals surface area contributed by atoms with E-state index in [0.29, 0.717) is 0 Å². The van der Waals surface area contributed by atoms with E-state index in [1.54, 1.807) is 12.4 Å². The van der Waals surface area contributed by atoms with Gasteiger partial charge < -0.3 is 5.21 Å². The molecule has 0 saturated carbocycles. The molecule has 1 aromatic heterocycles. The van der Waals surface area contributed by atoms with Gasteiger partial charge in [0.25, 0.3) is 0 Å². The van der Waals surface area contributed by atoms with Crippen molar-refractivity contribution in [1.82, 2.24) is 10.5 Å². The molecular weight excluding hydrogens is 128 g/mol. The van der Waals surface area contributed by atoms with Crippen molar-refractivity contribution in [3.8, 4) is 0 Å². The van der Waals surface area contributed by atoms with Gasteiger partial charge in [0.2, 0.25) is 0 Å². The fourth-order valence-electron chi connectivity index (χ4n) is 0.727. The van der Waals surface area contributed by atoms with E-state index >= 15 is 0 Å². The molecule has 1 aromatic rings. The smallest absolute Gasteiger partial charge is 0.0541 e. The van der Waals surface area contributed by atoms with Gasteiger partial charge in [-0.2, -0.15) is 5.48 Å². The number of nitrogens with one attached hydrogen (secondary N) is 1. The zero-order chi connectivity index (χ0) is 7.40. The monoisotopic (exact) mass is 138 g/mol. The van der Waals surface area contributed by atoms with E-state index in [0.717, 1.165) is 5.56 Å². The molecule has 0 unspecified atom stereocenters. The highest BCUT2D eigenvalue weighted by atomic mass is 16.5. The van der Waals surface area contributed by atoms with Crippen molar-refractivity contribution in [1.29, 1.82) is 0 Å². The van der Waals surface area contributed by atoms with Crippen LogP contribution in [0, 0.1) is 0 Å². The second-order valence-electron chi connectivity index (χ2n) is 2.13. The number of aromatic nitrogens is 1. The van der Waals surface area contributed by atoms with Crippen molar-refractivity contribution in [2.75, 3.05) is 0 Å². The topological polar surface area (TPSA) is 45.1 Å². The maximum atomic E-state index is 8.52. The zero-order valence-electron chi connectivity index (χ0n) is 5.78. The van der Waals surface area contributed by atoms with E-state index in [4.69, 9.17) is 5.21 Å². The fraction of sp³-hybridized carbons (Fsp3) is 0.286. The van der Waals surface area contributed by atoms with Gasteiger partial charge in [-0.1, -0.05) is 0 Å². The van der Waals surface area contributed by atoms with Crippen LogP contribution < -0.4 is 5.48 Å². The molecule has 0 amide bonds. The first-order valence-corrected chi connectivity index (χ1v) is 3.14. The van der Waals surface area contributed by atoms with Crippen molar-refractivity contribution < 1.29 is 5.21 Å². The van der Waals surface area contributed by atoms with Crippen LogP contribution in [0.4, 0.5) is 0 Å². The Morgan fingerprint density at radius 3 is 2.60 bits per heavy atom. The normalized spacial score (nSPS) is 13.0. The number of hydroxylamine groups is 1. The summed E-state index contributed by atoms with van der Waals surface area (Å²) in [5.74, 6) is 0. The third-order valence-electron chi connectivity index (χ3n) is 1.40. The van der Waals surface area contributed by atoms with Gasteiger partial charge in [-0.25, -0.2) is 0 Å². The van der Waals surface area contributed by atoms with Gasteiger partial charge in [0.1, 0.15) is 0 Å². The maximum absolute atomic E-state index is 8.52. The van der Waals surface area contributed by atoms with Gasteiger partial charge in [0, 0.05) is 12.4 Å². The van der Waals surface area contributed by atoms with Crippen molar-refractivity contribution in [3.05, 3.63) is 30.1 Å². The van der Waals surface area contributed by atoms with E-state index in [2.05, 4.69) is 10.5 Å². The molecule has 3 nitrogen and oxygen atoms in total. The summed E-state index contributed by atoms with van der Waals surface area (Å²) in [7, 11) is 0. The number of rotatable bonds is 2. The summed E-state index contributed by atoms with van der Waals surface area (Å²) in [4.78, 5) is 3.85. The van der Waals surface area contributed by atoms with Crippen LogP contribution in [0.15, 0.2) is 24.5 Å². The first-order valence-electron chi connectivity index (χ1n) is 3.14. The van der Waals surface area contributed by atoms with Crippen LogP contribution in [0.1, 0.15) is 18.5 Å². The summed E-state index contributed by atoms with van der Waals surface area (Å²) in [6.45, 7) is 1.87. The number of hydrogen-bond acceptors (Lipinski definition) is 3. The predicted molar refractivity (Wildman–Crippen MR) is 37.6 cm³/mol. The van der Waals surface area contributed by atoms with Gasteiger partial charge in [0.05, 0.1) is 6.04 Å². The van der Waals surface area contributed by atoms with Crippen molar-refractivity contribution in [2.45, 2.75) is 13.0 Å². The maximum Gasteiger partial charge on any atom is 0.0541 e. The Kier molecular flexibility index (Phi) is 2.36. The molecule has 0 aliphatic heterocycles. The molecule has 1 atom stereocenters. The molecule has 0 aromatic carbocycles. The summed E-state index contributed by atoms with van der Waals surface area (Å²) in [5, 5.41) is 8.52. The van der Waals surface area contributed by atoms with Crippen molar-refractivity contribution in [3.63, 3.8) is 0 Å². The minimum atomic E-state index is -0.0250. The average Bonchev–Trinajstić information content (AvgIpc) is 2.05. The van der Waals surface area contributed by atoms with E-state index in [9.17, 15) is 0 Å². The molecule has 0 radical (unpaired) electrons. The van der Waals surface area contributed by atoms with Crippen LogP contribution in [-0.2, 0) is 0 Å². The molecule has 3 heteroatoms. The first kappa shape index (κ1) is 7.18. The Balaban J connectivity index is 2.75. The Labute approximate surface area is 59.7 Å². The highest BCUT2D eigenvalue weighted by Crippen LogP contribution is 2.07. The molecule has 10 heavy (non-hydrogen) atoms. The summed E-state index contributed by atoms with van der Waals surface area (Å²) in [6, 6.07) is 3.69. The molecule has 2 N–H and O–H groups in total. The SMILES string of the molecule is C[C@H](NO)c1ccncc1. The van der Waals surface area contributed by atoms with Gasteiger partial charge in [0.15, 0.2) is 0 Å².